The van der Waals surface area contributed by atoms with Crippen LogP contribution in [0.1, 0.15) is 97.8 Å². The summed E-state index contributed by atoms with van der Waals surface area (Å²) in [6.07, 6.45) is 9.11. The Morgan fingerprint density at radius 2 is 0.720 bits per heavy atom. The third kappa shape index (κ3) is 51.7. The predicted molar refractivity (Wildman–Crippen MR) is 87.4 cm³/mol. The molecule has 152 valence electrons. The second-order valence-electron chi connectivity index (χ2n) is 5.49. The van der Waals surface area contributed by atoms with E-state index in [1.807, 2.05) is 20.8 Å². The van der Waals surface area contributed by atoms with Gasteiger partial charge >= 0.3 is 0 Å². The summed E-state index contributed by atoms with van der Waals surface area (Å²) in [6, 6.07) is 0. The molecule has 0 atom stereocenters. The fourth-order valence-electron chi connectivity index (χ4n) is 1.56. The van der Waals surface area contributed by atoms with Crippen LogP contribution < -0.4 is 15.3 Å². The average molecular weight is 536 g/mol. The molecule has 7 heteroatoms. The second kappa shape index (κ2) is 27.9. The Bertz CT molecular complexity index is 260. The maximum atomic E-state index is 9.76. The Balaban J connectivity index is -0.000000130. The molecule has 0 aromatic rings. The number of unbranched alkanes of at least 4 members (excludes halogenated alkanes) is 6. The van der Waals surface area contributed by atoms with Crippen LogP contribution in [0.15, 0.2) is 0 Å². The van der Waals surface area contributed by atoms with Crippen molar-refractivity contribution in [3.8, 4) is 0 Å². The van der Waals surface area contributed by atoms with Crippen molar-refractivity contribution < 1.29 is 49.5 Å². The first-order valence-corrected chi connectivity index (χ1v) is 8.91. The maximum Gasteiger partial charge on any atom is 0.0414 e. The van der Waals surface area contributed by atoms with Gasteiger partial charge in [-0.05, 0) is 38.5 Å². The molecule has 0 saturated carbocycles. The molecule has 0 amide bonds. The summed E-state index contributed by atoms with van der Waals surface area (Å²) in [5.41, 5.74) is 0. The van der Waals surface area contributed by atoms with Crippen LogP contribution >= 0.6 is 0 Å². The number of hydrogen-bond donors (Lipinski definition) is 0. The molecule has 0 heterocycles. The van der Waals surface area contributed by atoms with Crippen molar-refractivity contribution in [2.75, 3.05) is 0 Å². The summed E-state index contributed by atoms with van der Waals surface area (Å²) in [7, 11) is 0. The zero-order valence-electron chi connectivity index (χ0n) is 15.8. The van der Waals surface area contributed by atoms with Gasteiger partial charge in [0.05, 0.1) is 0 Å². The van der Waals surface area contributed by atoms with E-state index in [4.69, 9.17) is 0 Å². The molecule has 0 unspecified atom stereocenters. The minimum absolute atomic E-state index is 0. The molecule has 0 radical (unpaired) electrons. The molecule has 0 aliphatic heterocycles. The molecular weight excluding hydrogens is 502 g/mol. The van der Waals surface area contributed by atoms with Gasteiger partial charge in [0.1, 0.15) is 0 Å². The van der Waals surface area contributed by atoms with Crippen LogP contribution in [0, 0.1) is 0 Å². The predicted octanol–water partition coefficient (Wildman–Crippen LogP) is 0.947. The first-order valence-electron chi connectivity index (χ1n) is 8.91. The van der Waals surface area contributed by atoms with Crippen LogP contribution in [-0.4, -0.2) is 17.9 Å². The number of hydrogen-bond acceptors (Lipinski definition) is 6. The summed E-state index contributed by atoms with van der Waals surface area (Å²) < 4.78 is 0. The first kappa shape index (κ1) is 31.8. The van der Waals surface area contributed by atoms with Crippen LogP contribution in [-0.2, 0) is 34.2 Å². The van der Waals surface area contributed by atoms with Crippen molar-refractivity contribution >= 4 is 17.9 Å². The molecule has 0 fully saturated rings. The average Bonchev–Trinajstić information content (AvgIpc) is 2.48. The van der Waals surface area contributed by atoms with Crippen LogP contribution in [0.5, 0.6) is 0 Å². The number of carbonyl (C=O) groups excluding carboxylic acids is 3. The number of aliphatic carboxylic acids is 3. The van der Waals surface area contributed by atoms with Gasteiger partial charge in [-0.1, -0.05) is 59.3 Å². The maximum absolute atomic E-state index is 9.76. The molecule has 0 aliphatic carbocycles. The molecular formula is C18H33O6Os-3. The summed E-state index contributed by atoms with van der Waals surface area (Å²) >= 11 is 0. The van der Waals surface area contributed by atoms with Gasteiger partial charge < -0.3 is 29.7 Å². The summed E-state index contributed by atoms with van der Waals surface area (Å²) in [4.78, 5) is 29.3. The second-order valence-corrected chi connectivity index (χ2v) is 5.49. The Hall–Kier alpha value is -0.954. The summed E-state index contributed by atoms with van der Waals surface area (Å²) in [6.45, 7) is 6.11. The van der Waals surface area contributed by atoms with Gasteiger partial charge in [-0.15, -0.1) is 0 Å². The molecule has 0 rings (SSSR count). The molecule has 0 aromatic carbocycles. The fourth-order valence-corrected chi connectivity index (χ4v) is 1.56. The van der Waals surface area contributed by atoms with Gasteiger partial charge in [0.25, 0.3) is 0 Å². The molecule has 25 heavy (non-hydrogen) atoms. The van der Waals surface area contributed by atoms with Crippen LogP contribution in [0.3, 0.4) is 0 Å². The van der Waals surface area contributed by atoms with Gasteiger partial charge in [-0.25, -0.2) is 0 Å². The first-order chi connectivity index (χ1) is 11.3. The molecule has 0 bridgehead atoms. The zero-order valence-corrected chi connectivity index (χ0v) is 18.3. The van der Waals surface area contributed by atoms with Gasteiger partial charge in [-0.2, -0.15) is 0 Å². The van der Waals surface area contributed by atoms with Crippen molar-refractivity contribution in [2.45, 2.75) is 97.8 Å². The summed E-state index contributed by atoms with van der Waals surface area (Å²) in [5.74, 6) is -2.80. The molecule has 0 spiro atoms. The van der Waals surface area contributed by atoms with Crippen molar-refractivity contribution in [3.05, 3.63) is 0 Å². The SMILES string of the molecule is CCCCCC(=O)[O-].CCCCCC(=O)[O-].CCCCCC(=O)[O-].[Os]. The van der Waals surface area contributed by atoms with Crippen LogP contribution in [0.2, 0.25) is 0 Å². The van der Waals surface area contributed by atoms with E-state index >= 15 is 0 Å². The van der Waals surface area contributed by atoms with E-state index in [0.29, 0.717) is 0 Å². The Kier molecular flexibility index (Phi) is 35.4. The largest absolute Gasteiger partial charge is 0.550 e. The van der Waals surface area contributed by atoms with Crippen LogP contribution in [0.25, 0.3) is 0 Å². The van der Waals surface area contributed by atoms with E-state index in [9.17, 15) is 29.7 Å². The topological polar surface area (TPSA) is 120 Å². The van der Waals surface area contributed by atoms with Gasteiger partial charge in [0, 0.05) is 37.7 Å². The van der Waals surface area contributed by atoms with Gasteiger partial charge in [0.15, 0.2) is 0 Å². The van der Waals surface area contributed by atoms with Crippen molar-refractivity contribution in [1.29, 1.82) is 0 Å². The summed E-state index contributed by atoms with van der Waals surface area (Å²) in [5, 5.41) is 29.3. The normalized spacial score (nSPS) is 8.76. The number of carbonyl (C=O) groups is 3. The van der Waals surface area contributed by atoms with Crippen molar-refractivity contribution in [3.63, 3.8) is 0 Å². The standard InChI is InChI=1S/3C6H12O2.Os/c3*1-2-3-4-5-6(7)8;/h3*2-5H2,1H3,(H,7,8);/p-3. The number of carboxylic acids is 3. The van der Waals surface area contributed by atoms with E-state index in [0.717, 1.165) is 57.8 Å². The Labute approximate surface area is 165 Å². The molecule has 6 nitrogen and oxygen atoms in total. The third-order valence-electron chi connectivity index (χ3n) is 2.95. The Morgan fingerprint density at radius 1 is 0.520 bits per heavy atom. The van der Waals surface area contributed by atoms with Crippen LogP contribution in [0.4, 0.5) is 0 Å². The van der Waals surface area contributed by atoms with Crippen molar-refractivity contribution in [1.82, 2.24) is 0 Å². The molecule has 0 saturated heterocycles. The smallest absolute Gasteiger partial charge is 0.0414 e. The van der Waals surface area contributed by atoms with E-state index in [2.05, 4.69) is 0 Å². The minimum Gasteiger partial charge on any atom is -0.550 e. The quantitative estimate of drug-likeness (QED) is 0.343. The van der Waals surface area contributed by atoms with Gasteiger partial charge in [-0.3, -0.25) is 0 Å². The number of carboxylic acid groups (broad SMARTS) is 3. The fraction of sp³-hybridized carbons (Fsp3) is 0.833. The van der Waals surface area contributed by atoms with E-state index in [-0.39, 0.29) is 39.1 Å². The van der Waals surface area contributed by atoms with E-state index in [1.165, 1.54) is 0 Å². The minimum atomic E-state index is -0.932. The molecule has 0 aromatic heterocycles. The monoisotopic (exact) mass is 537 g/mol. The molecule has 0 N–H and O–H groups in total. The van der Waals surface area contributed by atoms with Gasteiger partial charge in [0.2, 0.25) is 0 Å². The Morgan fingerprint density at radius 3 is 0.840 bits per heavy atom. The van der Waals surface area contributed by atoms with Crippen molar-refractivity contribution in [2.24, 2.45) is 0 Å². The molecule has 0 aliphatic rings. The number of rotatable bonds is 12. The van der Waals surface area contributed by atoms with E-state index < -0.39 is 17.9 Å². The zero-order chi connectivity index (χ0) is 19.2. The third-order valence-corrected chi connectivity index (χ3v) is 2.95. The van der Waals surface area contributed by atoms with E-state index in [1.54, 1.807) is 0 Å².